The highest BCUT2D eigenvalue weighted by Crippen LogP contribution is 2.44. The first-order valence-electron chi connectivity index (χ1n) is 6.98. The summed E-state index contributed by atoms with van der Waals surface area (Å²) in [5, 5.41) is 0.715. The average molecular weight is 281 g/mol. The van der Waals surface area contributed by atoms with Crippen LogP contribution in [-0.4, -0.2) is 37.7 Å². The quantitative estimate of drug-likeness (QED) is 0.920. The summed E-state index contributed by atoms with van der Waals surface area (Å²) in [6.45, 7) is 2.66. The zero-order chi connectivity index (χ0) is 13.5. The Bertz CT molecular complexity index is 462. The summed E-state index contributed by atoms with van der Waals surface area (Å²) in [7, 11) is 2.09. The molecule has 0 aromatic heterocycles. The molecular weight excluding hydrogens is 260 g/mol. The van der Waals surface area contributed by atoms with Gasteiger partial charge in [-0.1, -0.05) is 24.1 Å². The molecule has 0 amide bonds. The molecule has 0 radical (unpaired) electrons. The molecule has 104 valence electrons. The third-order valence-corrected chi connectivity index (χ3v) is 4.87. The lowest BCUT2D eigenvalue weighted by Gasteiger charge is -2.42. The van der Waals surface area contributed by atoms with Crippen LogP contribution in [0.5, 0.6) is 5.75 Å². The molecule has 1 aromatic rings. The van der Waals surface area contributed by atoms with Crippen LogP contribution in [-0.2, 0) is 5.41 Å². The van der Waals surface area contributed by atoms with Crippen LogP contribution in [0, 0.1) is 0 Å². The molecule has 1 heterocycles. The van der Waals surface area contributed by atoms with Crippen molar-refractivity contribution in [3.05, 3.63) is 28.8 Å². The molecule has 3 rings (SSSR count). The minimum absolute atomic E-state index is 0.166. The van der Waals surface area contributed by atoms with Crippen LogP contribution >= 0.6 is 11.6 Å². The second-order valence-corrected chi connectivity index (χ2v) is 6.35. The normalized spacial score (nSPS) is 22.7. The van der Waals surface area contributed by atoms with Crippen molar-refractivity contribution in [1.29, 1.82) is 0 Å². The maximum absolute atomic E-state index is 6.36. The van der Waals surface area contributed by atoms with Crippen LogP contribution in [0.4, 0.5) is 0 Å². The fraction of sp³-hybridized carbons (Fsp3) is 0.600. The average Bonchev–Trinajstić information content (AvgIpc) is 2.29. The first kappa shape index (κ1) is 13.2. The van der Waals surface area contributed by atoms with Crippen LogP contribution in [0.3, 0.4) is 0 Å². The smallest absolute Gasteiger partial charge is 0.138 e. The van der Waals surface area contributed by atoms with Gasteiger partial charge >= 0.3 is 0 Å². The van der Waals surface area contributed by atoms with Gasteiger partial charge in [-0.3, -0.25) is 4.90 Å². The summed E-state index contributed by atoms with van der Waals surface area (Å²) in [5.74, 6) is 0.801. The number of ether oxygens (including phenoxy) is 1. The van der Waals surface area contributed by atoms with E-state index in [4.69, 9.17) is 22.1 Å². The Kier molecular flexibility index (Phi) is 3.46. The highest BCUT2D eigenvalue weighted by Gasteiger charge is 2.37. The van der Waals surface area contributed by atoms with Gasteiger partial charge in [0.25, 0.3) is 0 Å². The van der Waals surface area contributed by atoms with Gasteiger partial charge < -0.3 is 10.5 Å². The molecule has 1 saturated heterocycles. The second kappa shape index (κ2) is 4.97. The molecule has 3 nitrogen and oxygen atoms in total. The summed E-state index contributed by atoms with van der Waals surface area (Å²) >= 11 is 6.36. The van der Waals surface area contributed by atoms with Gasteiger partial charge in [0.1, 0.15) is 11.9 Å². The van der Waals surface area contributed by atoms with Crippen LogP contribution in [0.2, 0.25) is 5.02 Å². The van der Waals surface area contributed by atoms with Crippen LogP contribution in [0.15, 0.2) is 18.2 Å². The van der Waals surface area contributed by atoms with Crippen molar-refractivity contribution in [1.82, 2.24) is 4.90 Å². The van der Waals surface area contributed by atoms with E-state index in [0.717, 1.165) is 18.8 Å². The molecule has 0 spiro atoms. The predicted octanol–water partition coefficient (Wildman–Crippen LogP) is 2.41. The third kappa shape index (κ3) is 2.35. The Morgan fingerprint density at radius 3 is 2.63 bits per heavy atom. The van der Waals surface area contributed by atoms with Gasteiger partial charge in [-0.25, -0.2) is 0 Å². The van der Waals surface area contributed by atoms with E-state index in [-0.39, 0.29) is 11.5 Å². The number of hydrogen-bond donors (Lipinski definition) is 1. The Morgan fingerprint density at radius 2 is 2.16 bits per heavy atom. The number of likely N-dealkylation sites (tertiary alicyclic amines) is 1. The monoisotopic (exact) mass is 280 g/mol. The second-order valence-electron chi connectivity index (χ2n) is 5.94. The van der Waals surface area contributed by atoms with Crippen molar-refractivity contribution in [2.75, 3.05) is 26.7 Å². The largest absolute Gasteiger partial charge is 0.486 e. The standard InChI is InChI=1S/C15H21ClN2O/c1-18-8-12(9-18)19-14-4-3-11(7-13(14)16)15(10-17)5-2-6-15/h3-4,7,12H,2,5-6,8-10,17H2,1H3. The van der Waals surface area contributed by atoms with E-state index in [1.165, 1.54) is 24.8 Å². The summed E-state index contributed by atoms with van der Waals surface area (Å²) in [5.41, 5.74) is 7.37. The van der Waals surface area contributed by atoms with Gasteiger partial charge in [-0.15, -0.1) is 0 Å². The number of halogens is 1. The maximum Gasteiger partial charge on any atom is 0.138 e. The van der Waals surface area contributed by atoms with Crippen LogP contribution < -0.4 is 10.5 Å². The Hall–Kier alpha value is -0.770. The molecule has 1 aliphatic heterocycles. The Balaban J connectivity index is 1.74. The fourth-order valence-corrected chi connectivity index (χ4v) is 3.26. The number of likely N-dealkylation sites (N-methyl/N-ethyl adjacent to an activating group) is 1. The van der Waals surface area contributed by atoms with E-state index in [1.54, 1.807) is 0 Å². The molecule has 4 heteroatoms. The zero-order valence-electron chi connectivity index (χ0n) is 11.4. The third-order valence-electron chi connectivity index (χ3n) is 4.57. The van der Waals surface area contributed by atoms with Gasteiger partial charge in [0.2, 0.25) is 0 Å². The van der Waals surface area contributed by atoms with E-state index in [9.17, 15) is 0 Å². The number of nitrogens with two attached hydrogens (primary N) is 1. The van der Waals surface area contributed by atoms with Gasteiger partial charge in [0, 0.05) is 25.0 Å². The van der Waals surface area contributed by atoms with E-state index < -0.39 is 0 Å². The predicted molar refractivity (Wildman–Crippen MR) is 77.9 cm³/mol. The summed E-state index contributed by atoms with van der Waals surface area (Å²) in [6, 6.07) is 6.19. The first-order valence-corrected chi connectivity index (χ1v) is 7.36. The summed E-state index contributed by atoms with van der Waals surface area (Å²) in [4.78, 5) is 2.23. The summed E-state index contributed by atoms with van der Waals surface area (Å²) < 4.78 is 5.90. The van der Waals surface area contributed by atoms with Crippen LogP contribution in [0.1, 0.15) is 24.8 Å². The number of rotatable bonds is 4. The van der Waals surface area contributed by atoms with Crippen LogP contribution in [0.25, 0.3) is 0 Å². The highest BCUT2D eigenvalue weighted by atomic mass is 35.5. The molecule has 2 N–H and O–H groups in total. The van der Waals surface area contributed by atoms with Gasteiger partial charge in [0.15, 0.2) is 0 Å². The van der Waals surface area contributed by atoms with Crippen molar-refractivity contribution in [3.8, 4) is 5.75 Å². The SMILES string of the molecule is CN1CC(Oc2ccc(C3(CN)CCC3)cc2Cl)C1. The van der Waals surface area contributed by atoms with E-state index in [1.807, 2.05) is 12.1 Å². The molecule has 2 fully saturated rings. The Labute approximate surface area is 119 Å². The minimum atomic E-state index is 0.166. The molecule has 0 bridgehead atoms. The molecular formula is C15H21ClN2O. The number of benzene rings is 1. The topological polar surface area (TPSA) is 38.5 Å². The molecule has 1 saturated carbocycles. The van der Waals surface area contributed by atoms with Crippen molar-refractivity contribution in [2.45, 2.75) is 30.8 Å². The molecule has 1 aromatic carbocycles. The van der Waals surface area contributed by atoms with Gasteiger partial charge in [-0.2, -0.15) is 0 Å². The van der Waals surface area contributed by atoms with Gasteiger partial charge in [0.05, 0.1) is 5.02 Å². The molecule has 1 aliphatic carbocycles. The van der Waals surface area contributed by atoms with Crippen molar-refractivity contribution in [2.24, 2.45) is 5.73 Å². The fourth-order valence-electron chi connectivity index (χ4n) is 3.04. The number of hydrogen-bond acceptors (Lipinski definition) is 3. The van der Waals surface area contributed by atoms with E-state index in [0.29, 0.717) is 11.6 Å². The van der Waals surface area contributed by atoms with Gasteiger partial charge in [-0.05, 0) is 37.6 Å². The van der Waals surface area contributed by atoms with E-state index >= 15 is 0 Å². The lowest BCUT2D eigenvalue weighted by atomic mass is 9.64. The highest BCUT2D eigenvalue weighted by molar-refractivity contribution is 6.32. The zero-order valence-corrected chi connectivity index (χ0v) is 12.1. The first-order chi connectivity index (χ1) is 9.13. The summed E-state index contributed by atoms with van der Waals surface area (Å²) in [6.07, 6.45) is 3.89. The maximum atomic E-state index is 6.36. The lowest BCUT2D eigenvalue weighted by molar-refractivity contribution is 0.0388. The van der Waals surface area contributed by atoms with Crippen molar-refractivity contribution >= 4 is 11.6 Å². The Morgan fingerprint density at radius 1 is 1.42 bits per heavy atom. The van der Waals surface area contributed by atoms with Crippen molar-refractivity contribution in [3.63, 3.8) is 0 Å². The molecule has 2 aliphatic rings. The number of nitrogens with zero attached hydrogens (tertiary/aromatic N) is 1. The molecule has 0 unspecified atom stereocenters. The molecule has 19 heavy (non-hydrogen) atoms. The van der Waals surface area contributed by atoms with E-state index in [2.05, 4.69) is 18.0 Å². The van der Waals surface area contributed by atoms with Crippen molar-refractivity contribution < 1.29 is 4.74 Å². The molecule has 0 atom stereocenters. The lowest BCUT2D eigenvalue weighted by Crippen LogP contribution is -2.51. The minimum Gasteiger partial charge on any atom is -0.486 e.